The number of ether oxygens (including phenoxy) is 1. The van der Waals surface area contributed by atoms with Crippen molar-refractivity contribution in [2.24, 2.45) is 7.05 Å². The number of nitrogens with zero attached hydrogens (tertiary/aromatic N) is 2. The number of carbonyl (C=O) groups excluding carboxylic acids is 1. The first-order valence-corrected chi connectivity index (χ1v) is 6.99. The summed E-state index contributed by atoms with van der Waals surface area (Å²) in [6.45, 7) is 5.66. The van der Waals surface area contributed by atoms with E-state index in [1.54, 1.807) is 17.7 Å². The van der Waals surface area contributed by atoms with Crippen molar-refractivity contribution in [3.8, 4) is 5.88 Å². The van der Waals surface area contributed by atoms with Gasteiger partial charge in [-0.2, -0.15) is 0 Å². The highest BCUT2D eigenvalue weighted by atomic mass is 79.9. The lowest BCUT2D eigenvalue weighted by Gasteiger charge is -2.12. The Morgan fingerprint density at radius 1 is 1.65 bits per heavy atom. The highest BCUT2D eigenvalue weighted by Crippen LogP contribution is 2.28. The molecule has 0 fully saturated rings. The third-order valence-corrected chi connectivity index (χ3v) is 3.35. The van der Waals surface area contributed by atoms with Crippen LogP contribution in [0.3, 0.4) is 0 Å². The number of aryl methyl sites for hydroxylation is 1. The number of rotatable bonds is 5. The maximum Gasteiger partial charge on any atom is 0.261 e. The predicted octanol–water partition coefficient (Wildman–Crippen LogP) is 2.41. The van der Waals surface area contributed by atoms with Crippen molar-refractivity contribution in [3.63, 3.8) is 0 Å². The van der Waals surface area contributed by atoms with E-state index in [2.05, 4.69) is 32.9 Å². The predicted molar refractivity (Wildman–Crippen MR) is 81.7 cm³/mol. The normalized spacial score (nSPS) is 12.2. The summed E-state index contributed by atoms with van der Waals surface area (Å²) in [7, 11) is 1.84. The second-order valence-corrected chi connectivity index (χ2v) is 5.30. The first kappa shape index (κ1) is 14.6. The number of halogens is 1. The average molecular weight is 338 g/mol. The number of nitrogens with one attached hydrogen (secondary N) is 1. The van der Waals surface area contributed by atoms with Gasteiger partial charge in [-0.3, -0.25) is 9.48 Å². The van der Waals surface area contributed by atoms with Crippen molar-refractivity contribution < 1.29 is 9.53 Å². The van der Waals surface area contributed by atoms with Crippen LogP contribution in [0.25, 0.3) is 10.9 Å². The fourth-order valence-electron chi connectivity index (χ4n) is 1.83. The largest absolute Gasteiger partial charge is 0.463 e. The van der Waals surface area contributed by atoms with Crippen molar-refractivity contribution in [2.45, 2.75) is 13.0 Å². The Labute approximate surface area is 125 Å². The van der Waals surface area contributed by atoms with Crippen LogP contribution in [-0.2, 0) is 11.8 Å². The smallest absolute Gasteiger partial charge is 0.261 e. The van der Waals surface area contributed by atoms with Gasteiger partial charge >= 0.3 is 0 Å². The first-order valence-electron chi connectivity index (χ1n) is 6.20. The van der Waals surface area contributed by atoms with E-state index in [9.17, 15) is 4.79 Å². The molecule has 1 amide bonds. The molecule has 0 saturated carbocycles. The molecule has 5 nitrogen and oxygen atoms in total. The summed E-state index contributed by atoms with van der Waals surface area (Å²) in [5.74, 6) is 0.253. The average Bonchev–Trinajstić information content (AvgIpc) is 2.72. The minimum absolute atomic E-state index is 0.196. The molecule has 0 aliphatic heterocycles. The lowest BCUT2D eigenvalue weighted by molar-refractivity contribution is -0.127. The Balaban J connectivity index is 2.23. The minimum atomic E-state index is -0.618. The summed E-state index contributed by atoms with van der Waals surface area (Å²) in [5, 5.41) is 7.87. The molecule has 2 aromatic rings. The molecule has 0 aliphatic carbocycles. The maximum atomic E-state index is 11.8. The van der Waals surface area contributed by atoms with E-state index < -0.39 is 6.10 Å². The molecule has 20 heavy (non-hydrogen) atoms. The molecule has 0 bridgehead atoms. The second-order valence-electron chi connectivity index (χ2n) is 4.38. The lowest BCUT2D eigenvalue weighted by Crippen LogP contribution is -2.36. The molecule has 2 rings (SSSR count). The molecule has 106 valence electrons. The van der Waals surface area contributed by atoms with Gasteiger partial charge in [0.15, 0.2) is 6.10 Å². The van der Waals surface area contributed by atoms with Crippen LogP contribution in [0.2, 0.25) is 0 Å². The summed E-state index contributed by atoms with van der Waals surface area (Å²) in [6, 6.07) is 5.81. The van der Waals surface area contributed by atoms with Crippen LogP contribution >= 0.6 is 15.9 Å². The molecular weight excluding hydrogens is 322 g/mol. The quantitative estimate of drug-likeness (QED) is 0.852. The van der Waals surface area contributed by atoms with E-state index in [0.717, 1.165) is 15.4 Å². The van der Waals surface area contributed by atoms with Crippen molar-refractivity contribution in [1.82, 2.24) is 15.1 Å². The van der Waals surface area contributed by atoms with Crippen molar-refractivity contribution in [1.29, 1.82) is 0 Å². The molecule has 1 atom stereocenters. The molecule has 0 saturated heterocycles. The van der Waals surface area contributed by atoms with Crippen molar-refractivity contribution in [3.05, 3.63) is 35.3 Å². The highest BCUT2D eigenvalue weighted by molar-refractivity contribution is 9.10. The van der Waals surface area contributed by atoms with Gasteiger partial charge in [0.05, 0.1) is 10.9 Å². The van der Waals surface area contributed by atoms with Crippen molar-refractivity contribution in [2.75, 3.05) is 6.54 Å². The van der Waals surface area contributed by atoms with Crippen LogP contribution in [0.1, 0.15) is 6.92 Å². The summed E-state index contributed by atoms with van der Waals surface area (Å²) < 4.78 is 8.33. The summed E-state index contributed by atoms with van der Waals surface area (Å²) in [5.41, 5.74) is 0.946. The van der Waals surface area contributed by atoms with Gasteiger partial charge in [-0.15, -0.1) is 11.7 Å². The summed E-state index contributed by atoms with van der Waals surface area (Å²) in [6.07, 6.45) is 1.00. The zero-order valence-electron chi connectivity index (χ0n) is 11.4. The number of carbonyl (C=O) groups is 1. The van der Waals surface area contributed by atoms with E-state index in [1.807, 2.05) is 25.2 Å². The molecule has 0 spiro atoms. The molecule has 1 heterocycles. The number of benzene rings is 1. The highest BCUT2D eigenvalue weighted by Gasteiger charge is 2.18. The Morgan fingerprint density at radius 2 is 2.40 bits per heavy atom. The molecular formula is C14H16BrN3O2. The summed E-state index contributed by atoms with van der Waals surface area (Å²) >= 11 is 3.42. The summed E-state index contributed by atoms with van der Waals surface area (Å²) in [4.78, 5) is 11.8. The van der Waals surface area contributed by atoms with E-state index in [-0.39, 0.29) is 5.91 Å². The number of amides is 1. The zero-order valence-corrected chi connectivity index (χ0v) is 13.0. The van der Waals surface area contributed by atoms with Crippen LogP contribution in [-0.4, -0.2) is 28.3 Å². The van der Waals surface area contributed by atoms with Crippen molar-refractivity contribution >= 4 is 32.7 Å². The maximum absolute atomic E-state index is 11.8. The van der Waals surface area contributed by atoms with Gasteiger partial charge in [0.1, 0.15) is 0 Å². The van der Waals surface area contributed by atoms with E-state index in [4.69, 9.17) is 4.74 Å². The SMILES string of the molecule is C=CCNC(=O)[C@@H](C)Oc1nn(C)c2ccc(Br)cc12. The van der Waals surface area contributed by atoms with Gasteiger partial charge in [-0.1, -0.05) is 22.0 Å². The van der Waals surface area contributed by atoms with E-state index in [1.165, 1.54) is 0 Å². The van der Waals surface area contributed by atoms with Crippen LogP contribution in [0.15, 0.2) is 35.3 Å². The molecule has 1 aromatic carbocycles. The van der Waals surface area contributed by atoms with Crippen LogP contribution in [0.4, 0.5) is 0 Å². The number of hydrogen-bond acceptors (Lipinski definition) is 3. The monoisotopic (exact) mass is 337 g/mol. The van der Waals surface area contributed by atoms with Gasteiger partial charge in [-0.25, -0.2) is 0 Å². The fraction of sp³-hybridized carbons (Fsp3) is 0.286. The Kier molecular flexibility index (Phi) is 4.44. The van der Waals surface area contributed by atoms with Crippen LogP contribution < -0.4 is 10.1 Å². The molecule has 6 heteroatoms. The lowest BCUT2D eigenvalue weighted by atomic mass is 10.2. The topological polar surface area (TPSA) is 56.1 Å². The molecule has 0 unspecified atom stereocenters. The molecule has 1 aromatic heterocycles. The van der Waals surface area contributed by atoms with Gasteiger partial charge < -0.3 is 10.1 Å². The third kappa shape index (κ3) is 3.01. The van der Waals surface area contributed by atoms with Gasteiger partial charge in [0.2, 0.25) is 5.88 Å². The molecule has 0 radical (unpaired) electrons. The van der Waals surface area contributed by atoms with Crippen LogP contribution in [0, 0.1) is 0 Å². The zero-order chi connectivity index (χ0) is 14.7. The Hall–Kier alpha value is -1.82. The first-order chi connectivity index (χ1) is 9.52. The minimum Gasteiger partial charge on any atom is -0.463 e. The van der Waals surface area contributed by atoms with E-state index in [0.29, 0.717) is 12.4 Å². The number of hydrogen-bond donors (Lipinski definition) is 1. The van der Waals surface area contributed by atoms with Gasteiger partial charge in [0, 0.05) is 18.1 Å². The van der Waals surface area contributed by atoms with Gasteiger partial charge in [-0.05, 0) is 25.1 Å². The van der Waals surface area contributed by atoms with Crippen LogP contribution in [0.5, 0.6) is 5.88 Å². The molecule has 0 aliphatic rings. The Bertz CT molecular complexity index is 651. The fourth-order valence-corrected chi connectivity index (χ4v) is 2.19. The third-order valence-electron chi connectivity index (χ3n) is 2.86. The van der Waals surface area contributed by atoms with Gasteiger partial charge in [0.25, 0.3) is 5.91 Å². The second kappa shape index (κ2) is 6.09. The Morgan fingerprint density at radius 3 is 3.10 bits per heavy atom. The molecule has 1 N–H and O–H groups in total. The standard InChI is InChI=1S/C14H16BrN3O2/c1-4-7-16-13(19)9(2)20-14-11-8-10(15)5-6-12(11)18(3)17-14/h4-6,8-9H,1,7H2,2-3H3,(H,16,19)/t9-/m1/s1. The number of aromatic nitrogens is 2. The number of fused-ring (bicyclic) bond motifs is 1. The van der Waals surface area contributed by atoms with E-state index >= 15 is 0 Å².